The summed E-state index contributed by atoms with van der Waals surface area (Å²) in [6.45, 7) is 8.12. The van der Waals surface area contributed by atoms with Gasteiger partial charge < -0.3 is 14.9 Å². The minimum Gasteiger partial charge on any atom is -0.480 e. The summed E-state index contributed by atoms with van der Waals surface area (Å²) in [5.41, 5.74) is 3.01. The number of amides is 2. The fourth-order valence-electron chi connectivity index (χ4n) is 3.83. The third kappa shape index (κ3) is 5.30. The number of aryl methyl sites for hydroxylation is 2. The molecule has 1 saturated heterocycles. The Morgan fingerprint density at radius 2 is 2.00 bits per heavy atom. The monoisotopic (exact) mass is 378 g/mol. The van der Waals surface area contributed by atoms with Crippen LogP contribution in [0.2, 0.25) is 0 Å². The van der Waals surface area contributed by atoms with Crippen molar-refractivity contribution in [2.24, 2.45) is 5.92 Å². The first-order valence-electron chi connectivity index (χ1n) is 9.49. The summed E-state index contributed by atoms with van der Waals surface area (Å²) in [6.07, 6.45) is 2.72. The molecule has 1 fully saturated rings. The van der Waals surface area contributed by atoms with E-state index in [1.165, 1.54) is 11.8 Å². The number of carboxylic acids is 1. The molecule has 2 heterocycles. The van der Waals surface area contributed by atoms with Gasteiger partial charge in [-0.2, -0.15) is 5.10 Å². The van der Waals surface area contributed by atoms with Gasteiger partial charge in [0.05, 0.1) is 5.69 Å². The Balaban J connectivity index is 1.99. The molecule has 2 atom stereocenters. The second-order valence-corrected chi connectivity index (χ2v) is 7.47. The second-order valence-electron chi connectivity index (χ2n) is 7.47. The van der Waals surface area contributed by atoms with Crippen LogP contribution in [-0.2, 0) is 20.8 Å². The number of carbonyl (C=O) groups is 3. The Bertz CT molecular complexity index is 680. The molecule has 0 saturated carbocycles. The highest BCUT2D eigenvalue weighted by atomic mass is 16.4. The van der Waals surface area contributed by atoms with Gasteiger partial charge in [-0.1, -0.05) is 6.92 Å². The highest BCUT2D eigenvalue weighted by Gasteiger charge is 2.29. The lowest BCUT2D eigenvalue weighted by molar-refractivity contribution is -0.145. The lowest BCUT2D eigenvalue weighted by Crippen LogP contribution is -2.43. The summed E-state index contributed by atoms with van der Waals surface area (Å²) < 4.78 is 0. The van der Waals surface area contributed by atoms with Crippen molar-refractivity contribution < 1.29 is 19.5 Å². The van der Waals surface area contributed by atoms with Crippen molar-refractivity contribution >= 4 is 17.8 Å². The molecular weight excluding hydrogens is 348 g/mol. The number of H-pyrrole nitrogens is 1. The normalized spacial score (nSPS) is 18.7. The second kappa shape index (κ2) is 9.01. The van der Waals surface area contributed by atoms with Gasteiger partial charge in [-0.25, -0.2) is 0 Å². The minimum atomic E-state index is -1.01. The number of hydrogen-bond donors (Lipinski definition) is 2. The maximum absolute atomic E-state index is 12.9. The topological polar surface area (TPSA) is 107 Å². The lowest BCUT2D eigenvalue weighted by Gasteiger charge is -2.29. The number of aromatic amines is 1. The molecule has 2 amide bonds. The van der Waals surface area contributed by atoms with Crippen molar-refractivity contribution in [2.45, 2.75) is 59.4 Å². The standard InChI is InChI=1S/C19H30N4O4/c1-12(10-17-13(2)20-21-14(17)3)19(27)22-8-5-6-16(7-9-22)23(15(4)24)11-18(25)26/h12,16H,5-11H2,1-4H3,(H,20,21)(H,25,26)/t12-,16-/m0/s1. The molecular formula is C19H30N4O4. The largest absolute Gasteiger partial charge is 0.480 e. The van der Waals surface area contributed by atoms with Crippen LogP contribution in [0.1, 0.15) is 50.1 Å². The van der Waals surface area contributed by atoms with Gasteiger partial charge in [-0.3, -0.25) is 19.5 Å². The zero-order valence-electron chi connectivity index (χ0n) is 16.6. The average molecular weight is 378 g/mol. The number of rotatable bonds is 6. The van der Waals surface area contributed by atoms with Crippen LogP contribution in [0, 0.1) is 19.8 Å². The Hall–Kier alpha value is -2.38. The highest BCUT2D eigenvalue weighted by molar-refractivity contribution is 5.80. The molecule has 0 aromatic carbocycles. The Labute approximate surface area is 159 Å². The molecule has 2 rings (SSSR count). The molecule has 1 aromatic rings. The fraction of sp³-hybridized carbons (Fsp3) is 0.684. The first-order valence-corrected chi connectivity index (χ1v) is 9.49. The summed E-state index contributed by atoms with van der Waals surface area (Å²) in [4.78, 5) is 39.1. The van der Waals surface area contributed by atoms with E-state index in [1.807, 2.05) is 25.7 Å². The Kier molecular flexibility index (Phi) is 6.98. The molecule has 0 radical (unpaired) electrons. The number of likely N-dealkylation sites (tertiary alicyclic amines) is 1. The molecule has 0 aliphatic carbocycles. The van der Waals surface area contributed by atoms with Gasteiger partial charge in [-0.05, 0) is 45.1 Å². The predicted octanol–water partition coefficient (Wildman–Crippen LogP) is 1.52. The molecule has 1 aliphatic rings. The molecule has 27 heavy (non-hydrogen) atoms. The molecule has 0 bridgehead atoms. The quantitative estimate of drug-likeness (QED) is 0.780. The van der Waals surface area contributed by atoms with Gasteiger partial charge in [0.25, 0.3) is 0 Å². The van der Waals surface area contributed by atoms with Crippen molar-refractivity contribution in [1.29, 1.82) is 0 Å². The predicted molar refractivity (Wildman–Crippen MR) is 100 cm³/mol. The van der Waals surface area contributed by atoms with Crippen LogP contribution < -0.4 is 0 Å². The first kappa shape index (κ1) is 20.9. The van der Waals surface area contributed by atoms with Gasteiger partial charge in [0, 0.05) is 37.7 Å². The van der Waals surface area contributed by atoms with E-state index < -0.39 is 5.97 Å². The van der Waals surface area contributed by atoms with E-state index in [0.717, 1.165) is 23.4 Å². The SMILES string of the molecule is CC(=O)N(CC(=O)O)[C@H]1CCCN(C(=O)[C@@H](C)Cc2c(C)n[nH]c2C)CC1. The average Bonchev–Trinajstić information content (AvgIpc) is 2.80. The number of carbonyl (C=O) groups excluding carboxylic acids is 2. The van der Waals surface area contributed by atoms with E-state index in [-0.39, 0.29) is 30.3 Å². The van der Waals surface area contributed by atoms with Crippen molar-refractivity contribution in [2.75, 3.05) is 19.6 Å². The molecule has 150 valence electrons. The maximum atomic E-state index is 12.9. The van der Waals surface area contributed by atoms with Crippen molar-refractivity contribution in [3.63, 3.8) is 0 Å². The fourth-order valence-corrected chi connectivity index (χ4v) is 3.83. The number of carboxylic acid groups (broad SMARTS) is 1. The zero-order chi connectivity index (χ0) is 20.1. The molecule has 1 aliphatic heterocycles. The van der Waals surface area contributed by atoms with E-state index in [9.17, 15) is 14.4 Å². The van der Waals surface area contributed by atoms with Gasteiger partial charge in [0.2, 0.25) is 11.8 Å². The zero-order valence-corrected chi connectivity index (χ0v) is 16.6. The van der Waals surface area contributed by atoms with Crippen LogP contribution in [0.4, 0.5) is 0 Å². The lowest BCUT2D eigenvalue weighted by atomic mass is 9.98. The van der Waals surface area contributed by atoms with Crippen molar-refractivity contribution in [1.82, 2.24) is 20.0 Å². The molecule has 0 unspecified atom stereocenters. The van der Waals surface area contributed by atoms with Crippen LogP contribution >= 0.6 is 0 Å². The Morgan fingerprint density at radius 3 is 2.56 bits per heavy atom. The molecule has 8 heteroatoms. The molecule has 2 N–H and O–H groups in total. The Morgan fingerprint density at radius 1 is 1.30 bits per heavy atom. The maximum Gasteiger partial charge on any atom is 0.323 e. The van der Waals surface area contributed by atoms with E-state index in [2.05, 4.69) is 10.2 Å². The van der Waals surface area contributed by atoms with E-state index >= 15 is 0 Å². The van der Waals surface area contributed by atoms with E-state index in [0.29, 0.717) is 32.4 Å². The number of hydrogen-bond acceptors (Lipinski definition) is 4. The van der Waals surface area contributed by atoms with Crippen LogP contribution in [0.5, 0.6) is 0 Å². The smallest absolute Gasteiger partial charge is 0.323 e. The summed E-state index contributed by atoms with van der Waals surface area (Å²) in [6, 6.07) is -0.134. The summed E-state index contributed by atoms with van der Waals surface area (Å²) in [5.74, 6) is -1.30. The van der Waals surface area contributed by atoms with Crippen molar-refractivity contribution in [3.05, 3.63) is 17.0 Å². The minimum absolute atomic E-state index is 0.100. The van der Waals surface area contributed by atoms with Crippen LogP contribution in [0.25, 0.3) is 0 Å². The number of aliphatic carboxylic acids is 1. The third-order valence-electron chi connectivity index (χ3n) is 5.37. The molecule has 0 spiro atoms. The van der Waals surface area contributed by atoms with Crippen molar-refractivity contribution in [3.8, 4) is 0 Å². The molecule has 1 aromatic heterocycles. The highest BCUT2D eigenvalue weighted by Crippen LogP contribution is 2.21. The van der Waals surface area contributed by atoms with E-state index in [4.69, 9.17) is 5.11 Å². The third-order valence-corrected chi connectivity index (χ3v) is 5.37. The van der Waals surface area contributed by atoms with Gasteiger partial charge in [0.1, 0.15) is 6.54 Å². The van der Waals surface area contributed by atoms with Gasteiger partial charge in [0.15, 0.2) is 0 Å². The summed E-state index contributed by atoms with van der Waals surface area (Å²) >= 11 is 0. The summed E-state index contributed by atoms with van der Waals surface area (Å²) in [7, 11) is 0. The van der Waals surface area contributed by atoms with Gasteiger partial charge >= 0.3 is 5.97 Å². The van der Waals surface area contributed by atoms with Gasteiger partial charge in [-0.15, -0.1) is 0 Å². The van der Waals surface area contributed by atoms with Crippen LogP contribution in [0.15, 0.2) is 0 Å². The molecule has 8 nitrogen and oxygen atoms in total. The van der Waals surface area contributed by atoms with Crippen LogP contribution in [0.3, 0.4) is 0 Å². The first-order chi connectivity index (χ1) is 12.7. The number of nitrogens with zero attached hydrogens (tertiary/aromatic N) is 3. The summed E-state index contributed by atoms with van der Waals surface area (Å²) in [5, 5.41) is 16.2. The van der Waals surface area contributed by atoms with E-state index in [1.54, 1.807) is 0 Å². The van der Waals surface area contributed by atoms with Crippen LogP contribution in [-0.4, -0.2) is 68.6 Å². The number of aromatic nitrogens is 2. The number of nitrogens with one attached hydrogen (secondary N) is 1.